The first-order valence-electron chi connectivity index (χ1n) is 8.78. The molecule has 0 aliphatic carbocycles. The second-order valence-corrected chi connectivity index (χ2v) is 6.39. The Kier molecular flexibility index (Phi) is 5.92. The van der Waals surface area contributed by atoms with E-state index in [0.717, 1.165) is 37.8 Å². The lowest BCUT2D eigenvalue weighted by Crippen LogP contribution is -2.45. The summed E-state index contributed by atoms with van der Waals surface area (Å²) < 4.78 is 50.8. The molecule has 0 amide bonds. The lowest BCUT2D eigenvalue weighted by Gasteiger charge is -2.36. The van der Waals surface area contributed by atoms with Crippen LogP contribution in [0.3, 0.4) is 0 Å². The minimum atomic E-state index is -4.39. The van der Waals surface area contributed by atoms with Gasteiger partial charge in [0.25, 0.3) is 0 Å². The van der Waals surface area contributed by atoms with E-state index in [-0.39, 0.29) is 6.04 Å². The predicted octanol–water partition coefficient (Wildman–Crippen LogP) is 3.72. The van der Waals surface area contributed by atoms with Crippen LogP contribution in [0.5, 0.6) is 11.5 Å². The fourth-order valence-corrected chi connectivity index (χ4v) is 3.54. The van der Waals surface area contributed by atoms with Crippen molar-refractivity contribution in [3.8, 4) is 11.5 Å². The number of para-hydroxylation sites is 1. The number of alkyl halides is 3. The molecule has 2 aromatic rings. The molecular formula is C20H23F3N2O2. The molecule has 0 radical (unpaired) electrons. The van der Waals surface area contributed by atoms with Crippen molar-refractivity contribution >= 4 is 0 Å². The molecule has 7 heteroatoms. The van der Waals surface area contributed by atoms with Crippen molar-refractivity contribution < 1.29 is 22.6 Å². The first kappa shape index (κ1) is 19.5. The molecule has 0 bridgehead atoms. The fourth-order valence-electron chi connectivity index (χ4n) is 3.54. The molecule has 1 heterocycles. The van der Waals surface area contributed by atoms with E-state index in [0.29, 0.717) is 17.1 Å². The van der Waals surface area contributed by atoms with Gasteiger partial charge in [-0.1, -0.05) is 24.3 Å². The van der Waals surface area contributed by atoms with E-state index in [1.54, 1.807) is 26.4 Å². The number of hydrogen-bond donors (Lipinski definition) is 1. The smallest absolute Gasteiger partial charge is 0.416 e. The Hall–Kier alpha value is -2.25. The van der Waals surface area contributed by atoms with Crippen molar-refractivity contribution in [3.63, 3.8) is 0 Å². The second kappa shape index (κ2) is 8.19. The molecular weight excluding hydrogens is 357 g/mol. The van der Waals surface area contributed by atoms with Gasteiger partial charge in [0.1, 0.15) is 0 Å². The lowest BCUT2D eigenvalue weighted by atomic mass is 9.94. The largest absolute Gasteiger partial charge is 0.493 e. The molecule has 27 heavy (non-hydrogen) atoms. The van der Waals surface area contributed by atoms with Crippen LogP contribution >= 0.6 is 0 Å². The topological polar surface area (TPSA) is 33.7 Å². The number of benzene rings is 2. The van der Waals surface area contributed by atoms with Crippen molar-refractivity contribution in [3.05, 3.63) is 59.2 Å². The normalized spacial score (nSPS) is 16.8. The number of methoxy groups -OCH3 is 2. The van der Waals surface area contributed by atoms with E-state index in [4.69, 9.17) is 9.47 Å². The first-order valence-corrected chi connectivity index (χ1v) is 8.78. The number of hydrogen-bond acceptors (Lipinski definition) is 4. The summed E-state index contributed by atoms with van der Waals surface area (Å²) in [5.41, 5.74) is 0.721. The Morgan fingerprint density at radius 2 is 1.70 bits per heavy atom. The zero-order valence-electron chi connectivity index (χ0n) is 15.3. The summed E-state index contributed by atoms with van der Waals surface area (Å²) in [7, 11) is 3.09. The van der Waals surface area contributed by atoms with E-state index in [9.17, 15) is 13.2 Å². The lowest BCUT2D eigenvalue weighted by molar-refractivity contribution is -0.137. The molecule has 0 spiro atoms. The van der Waals surface area contributed by atoms with Gasteiger partial charge in [0.15, 0.2) is 11.5 Å². The molecule has 2 aromatic carbocycles. The Balaban J connectivity index is 2.13. The molecule has 0 saturated carbocycles. The molecule has 146 valence electrons. The summed E-state index contributed by atoms with van der Waals surface area (Å²) in [5.74, 6) is 1.10. The molecule has 0 aromatic heterocycles. The van der Waals surface area contributed by atoms with Gasteiger partial charge in [-0.2, -0.15) is 13.2 Å². The predicted molar refractivity (Wildman–Crippen MR) is 97.3 cm³/mol. The van der Waals surface area contributed by atoms with Crippen LogP contribution in [0.25, 0.3) is 0 Å². The maximum absolute atomic E-state index is 13.3. The van der Waals surface area contributed by atoms with Crippen LogP contribution < -0.4 is 14.8 Å². The molecule has 3 rings (SSSR count). The van der Waals surface area contributed by atoms with Crippen molar-refractivity contribution in [2.24, 2.45) is 0 Å². The minimum absolute atomic E-state index is 0.362. The summed E-state index contributed by atoms with van der Waals surface area (Å²) in [6, 6.07) is 10.7. The average molecular weight is 380 g/mol. The SMILES string of the molecule is COc1cccc(C(c2cccc(C(F)(F)F)c2)N2CCNCC2)c1OC. The van der Waals surface area contributed by atoms with Gasteiger partial charge in [-0.05, 0) is 23.8 Å². The molecule has 1 fully saturated rings. The van der Waals surface area contributed by atoms with E-state index in [1.807, 2.05) is 12.1 Å². The highest BCUT2D eigenvalue weighted by atomic mass is 19.4. The van der Waals surface area contributed by atoms with Crippen LogP contribution in [0.4, 0.5) is 13.2 Å². The van der Waals surface area contributed by atoms with E-state index in [2.05, 4.69) is 10.2 Å². The van der Waals surface area contributed by atoms with Crippen LogP contribution in [-0.2, 0) is 6.18 Å². The van der Waals surface area contributed by atoms with Gasteiger partial charge in [-0.3, -0.25) is 4.90 Å². The molecule has 1 saturated heterocycles. The van der Waals surface area contributed by atoms with Crippen LogP contribution in [0.2, 0.25) is 0 Å². The first-order chi connectivity index (χ1) is 13.0. The fraction of sp³-hybridized carbons (Fsp3) is 0.400. The zero-order chi connectivity index (χ0) is 19.4. The standard InChI is InChI=1S/C20H23F3N2O2/c1-26-17-8-4-7-16(19(17)27-2)18(25-11-9-24-10-12-25)14-5-3-6-15(13-14)20(21,22)23/h3-8,13,18,24H,9-12H2,1-2H3. The molecule has 1 aliphatic heterocycles. The van der Waals surface area contributed by atoms with Crippen molar-refractivity contribution in [2.75, 3.05) is 40.4 Å². The number of halogens is 3. The van der Waals surface area contributed by atoms with Gasteiger partial charge in [-0.15, -0.1) is 0 Å². The van der Waals surface area contributed by atoms with Gasteiger partial charge in [-0.25, -0.2) is 0 Å². The summed E-state index contributed by atoms with van der Waals surface area (Å²) in [5, 5.41) is 3.28. The monoisotopic (exact) mass is 380 g/mol. The van der Waals surface area contributed by atoms with Crippen LogP contribution in [0.1, 0.15) is 22.7 Å². The molecule has 1 aliphatic rings. The number of ether oxygens (including phenoxy) is 2. The van der Waals surface area contributed by atoms with Gasteiger partial charge in [0.2, 0.25) is 0 Å². The molecule has 1 atom stereocenters. The third-order valence-corrected chi connectivity index (χ3v) is 4.77. The maximum atomic E-state index is 13.3. The third-order valence-electron chi connectivity index (χ3n) is 4.77. The van der Waals surface area contributed by atoms with Crippen molar-refractivity contribution in [2.45, 2.75) is 12.2 Å². The third kappa shape index (κ3) is 4.20. The van der Waals surface area contributed by atoms with Gasteiger partial charge in [0.05, 0.1) is 25.8 Å². The number of nitrogens with zero attached hydrogens (tertiary/aromatic N) is 1. The van der Waals surface area contributed by atoms with E-state index < -0.39 is 11.7 Å². The van der Waals surface area contributed by atoms with Gasteiger partial charge < -0.3 is 14.8 Å². The quantitative estimate of drug-likeness (QED) is 0.857. The summed E-state index contributed by atoms with van der Waals surface area (Å²) >= 11 is 0. The van der Waals surface area contributed by atoms with Gasteiger partial charge in [0, 0.05) is 31.7 Å². The van der Waals surface area contributed by atoms with Crippen LogP contribution in [0, 0.1) is 0 Å². The molecule has 4 nitrogen and oxygen atoms in total. The molecule has 1 N–H and O–H groups in total. The highest BCUT2D eigenvalue weighted by Gasteiger charge is 2.33. The summed E-state index contributed by atoms with van der Waals surface area (Å²) in [6.45, 7) is 3.01. The summed E-state index contributed by atoms with van der Waals surface area (Å²) in [4.78, 5) is 2.17. The van der Waals surface area contributed by atoms with Crippen molar-refractivity contribution in [1.29, 1.82) is 0 Å². The zero-order valence-corrected chi connectivity index (χ0v) is 15.3. The Bertz CT molecular complexity index is 774. The number of piperazine rings is 1. The van der Waals surface area contributed by atoms with Gasteiger partial charge >= 0.3 is 6.18 Å². The molecule has 1 unspecified atom stereocenters. The Morgan fingerprint density at radius 1 is 1.00 bits per heavy atom. The number of rotatable bonds is 5. The maximum Gasteiger partial charge on any atom is 0.416 e. The summed E-state index contributed by atoms with van der Waals surface area (Å²) in [6.07, 6.45) is -4.39. The van der Waals surface area contributed by atoms with Crippen LogP contribution in [-0.4, -0.2) is 45.3 Å². The minimum Gasteiger partial charge on any atom is -0.493 e. The Labute approximate surface area is 156 Å². The van der Waals surface area contributed by atoms with E-state index >= 15 is 0 Å². The van der Waals surface area contributed by atoms with Crippen LogP contribution in [0.15, 0.2) is 42.5 Å². The highest BCUT2D eigenvalue weighted by Crippen LogP contribution is 2.41. The highest BCUT2D eigenvalue weighted by molar-refractivity contribution is 5.51. The van der Waals surface area contributed by atoms with E-state index in [1.165, 1.54) is 12.1 Å². The average Bonchev–Trinajstić information content (AvgIpc) is 2.68. The number of nitrogens with one attached hydrogen (secondary N) is 1. The Morgan fingerprint density at radius 3 is 2.33 bits per heavy atom. The van der Waals surface area contributed by atoms with Crippen molar-refractivity contribution in [1.82, 2.24) is 10.2 Å². The second-order valence-electron chi connectivity index (χ2n) is 6.39.